The molecule has 0 radical (unpaired) electrons. The number of rotatable bonds is 11. The number of unbranched alkanes of at least 4 members (excludes halogenated alkanes) is 4. The van der Waals surface area contributed by atoms with E-state index in [1.807, 2.05) is 0 Å². The van der Waals surface area contributed by atoms with Gasteiger partial charge in [-0.2, -0.15) is 8.42 Å². The van der Waals surface area contributed by atoms with Crippen LogP contribution in [0.4, 0.5) is 5.69 Å². The van der Waals surface area contributed by atoms with Gasteiger partial charge in [-0.15, -0.1) is 0 Å². The first-order valence-electron chi connectivity index (χ1n) is 8.73. The summed E-state index contributed by atoms with van der Waals surface area (Å²) < 4.78 is 31.7. The smallest absolute Gasteiger partial charge is 0.327 e. The van der Waals surface area contributed by atoms with Crippen molar-refractivity contribution in [3.05, 3.63) is 29.8 Å². The molecule has 1 amide bonds. The van der Waals surface area contributed by atoms with Crippen LogP contribution in [0.2, 0.25) is 0 Å². The van der Waals surface area contributed by atoms with E-state index in [1.165, 1.54) is 0 Å². The second kappa shape index (κ2) is 10.3. The molecular weight excluding hydrogens is 358 g/mol. The molecule has 0 aliphatic rings. The number of hydrogen-bond donors (Lipinski definition) is 2. The van der Waals surface area contributed by atoms with Crippen LogP contribution < -0.4 is 4.90 Å². The van der Waals surface area contributed by atoms with Crippen LogP contribution in [-0.2, 0) is 19.7 Å². The molecule has 8 heteroatoms. The number of aliphatic carboxylic acids is 1. The molecule has 1 aromatic rings. The van der Waals surface area contributed by atoms with Gasteiger partial charge in [-0.3, -0.25) is 14.2 Å². The number of carboxylic acids is 1. The van der Waals surface area contributed by atoms with Crippen LogP contribution in [0.5, 0.6) is 0 Å². The minimum atomic E-state index is -4.57. The van der Waals surface area contributed by atoms with Crippen molar-refractivity contribution in [2.24, 2.45) is 0 Å². The Morgan fingerprint density at radius 2 is 1.73 bits per heavy atom. The normalized spacial score (nSPS) is 12.6. The first-order chi connectivity index (χ1) is 12.2. The van der Waals surface area contributed by atoms with Gasteiger partial charge in [0.15, 0.2) is 6.04 Å². The lowest BCUT2D eigenvalue weighted by molar-refractivity contribution is -0.139. The average Bonchev–Trinajstić information content (AvgIpc) is 2.54. The van der Waals surface area contributed by atoms with E-state index in [0.29, 0.717) is 17.7 Å². The van der Waals surface area contributed by atoms with Crippen molar-refractivity contribution in [1.82, 2.24) is 0 Å². The molecule has 0 aromatic heterocycles. The summed E-state index contributed by atoms with van der Waals surface area (Å²) in [5.41, 5.74) is 0.982. The van der Waals surface area contributed by atoms with Gasteiger partial charge in [0, 0.05) is 12.1 Å². The molecular formula is C18H27NO6S. The van der Waals surface area contributed by atoms with Crippen molar-refractivity contribution >= 4 is 27.7 Å². The largest absolute Gasteiger partial charge is 0.480 e. The van der Waals surface area contributed by atoms with E-state index >= 15 is 0 Å². The van der Waals surface area contributed by atoms with Crippen molar-refractivity contribution in [2.75, 3.05) is 10.7 Å². The molecule has 0 saturated carbocycles. The van der Waals surface area contributed by atoms with E-state index < -0.39 is 33.8 Å². The topological polar surface area (TPSA) is 112 Å². The van der Waals surface area contributed by atoms with Gasteiger partial charge in [0.2, 0.25) is 5.91 Å². The fourth-order valence-electron chi connectivity index (χ4n) is 2.77. The molecule has 0 spiro atoms. The predicted molar refractivity (Wildman–Crippen MR) is 99.9 cm³/mol. The molecule has 1 rings (SSSR count). The maximum atomic E-state index is 12.7. The lowest BCUT2D eigenvalue weighted by Crippen LogP contribution is -2.49. The van der Waals surface area contributed by atoms with Crippen LogP contribution >= 0.6 is 0 Å². The van der Waals surface area contributed by atoms with Crippen molar-refractivity contribution in [3.8, 4) is 0 Å². The zero-order chi connectivity index (χ0) is 19.7. The Labute approximate surface area is 154 Å². The van der Waals surface area contributed by atoms with E-state index in [1.54, 1.807) is 31.2 Å². The van der Waals surface area contributed by atoms with Crippen molar-refractivity contribution in [2.45, 2.75) is 58.4 Å². The van der Waals surface area contributed by atoms with E-state index in [0.717, 1.165) is 30.6 Å². The van der Waals surface area contributed by atoms with Gasteiger partial charge in [0.25, 0.3) is 10.1 Å². The summed E-state index contributed by atoms with van der Waals surface area (Å²) in [5, 5.41) is 9.48. The Morgan fingerprint density at radius 3 is 2.27 bits per heavy atom. The Balaban J connectivity index is 3.11. The number of aryl methyl sites for hydroxylation is 1. The van der Waals surface area contributed by atoms with Crippen molar-refractivity contribution in [1.29, 1.82) is 0 Å². The predicted octanol–water partition coefficient (Wildman–Crippen LogP) is 3.03. The maximum Gasteiger partial charge on any atom is 0.327 e. The molecule has 26 heavy (non-hydrogen) atoms. The second-order valence-electron chi connectivity index (χ2n) is 6.32. The standard InChI is InChI=1S/C18H27NO6S/c1-3-4-5-6-7-12-17(20)19(15-11-9-8-10-14(15)2)16(18(21)22)13-26(23,24)25/h8-11,16H,3-7,12-13H2,1-2H3,(H,21,22)(H,23,24,25)/t16-/m0/s1. The summed E-state index contributed by atoms with van der Waals surface area (Å²) >= 11 is 0. The van der Waals surface area contributed by atoms with Crippen LogP contribution in [0.25, 0.3) is 0 Å². The summed E-state index contributed by atoms with van der Waals surface area (Å²) in [5.74, 6) is -3.00. The molecule has 146 valence electrons. The first-order valence-corrected chi connectivity index (χ1v) is 10.3. The minimum Gasteiger partial charge on any atom is -0.480 e. The second-order valence-corrected chi connectivity index (χ2v) is 7.81. The van der Waals surface area contributed by atoms with E-state index in [2.05, 4.69) is 6.92 Å². The van der Waals surface area contributed by atoms with Crippen molar-refractivity contribution < 1.29 is 27.7 Å². The Bertz CT molecular complexity index is 716. The fourth-order valence-corrected chi connectivity index (χ4v) is 3.46. The molecule has 0 bridgehead atoms. The highest BCUT2D eigenvalue weighted by molar-refractivity contribution is 7.85. The van der Waals surface area contributed by atoms with Gasteiger partial charge in [-0.05, 0) is 25.0 Å². The molecule has 0 unspecified atom stereocenters. The minimum absolute atomic E-state index is 0.118. The summed E-state index contributed by atoms with van der Waals surface area (Å²) in [6.45, 7) is 3.79. The number of amides is 1. The summed E-state index contributed by atoms with van der Waals surface area (Å²) in [6, 6.07) is 4.99. The first kappa shape index (κ1) is 22.1. The van der Waals surface area contributed by atoms with Gasteiger partial charge in [0.05, 0.1) is 0 Å². The number of hydrogen-bond acceptors (Lipinski definition) is 4. The molecule has 1 atom stereocenters. The van der Waals surface area contributed by atoms with Gasteiger partial charge in [-0.25, -0.2) is 4.79 Å². The van der Waals surface area contributed by atoms with Gasteiger partial charge >= 0.3 is 5.97 Å². The van der Waals surface area contributed by atoms with Gasteiger partial charge in [-0.1, -0.05) is 50.8 Å². The van der Waals surface area contributed by atoms with Crippen LogP contribution in [0.1, 0.15) is 51.0 Å². The van der Waals surface area contributed by atoms with E-state index in [4.69, 9.17) is 4.55 Å². The fraction of sp³-hybridized carbons (Fsp3) is 0.556. The maximum absolute atomic E-state index is 12.7. The molecule has 7 nitrogen and oxygen atoms in total. The number of benzene rings is 1. The third-order valence-corrected chi connectivity index (χ3v) is 4.84. The number of para-hydroxylation sites is 1. The monoisotopic (exact) mass is 385 g/mol. The summed E-state index contributed by atoms with van der Waals surface area (Å²) in [6.07, 6.45) is 4.68. The Kier molecular flexibility index (Phi) is 8.74. The number of anilines is 1. The quantitative estimate of drug-likeness (QED) is 0.447. The highest BCUT2D eigenvalue weighted by Crippen LogP contribution is 2.24. The zero-order valence-corrected chi connectivity index (χ0v) is 16.0. The van der Waals surface area contributed by atoms with Crippen LogP contribution in [0.3, 0.4) is 0 Å². The third-order valence-electron chi connectivity index (χ3n) is 4.10. The number of carbonyl (C=O) groups is 2. The Morgan fingerprint density at radius 1 is 1.12 bits per heavy atom. The van der Waals surface area contributed by atoms with Crippen LogP contribution in [0, 0.1) is 6.92 Å². The highest BCUT2D eigenvalue weighted by atomic mass is 32.2. The third kappa shape index (κ3) is 7.13. The van der Waals surface area contributed by atoms with Crippen LogP contribution in [0.15, 0.2) is 24.3 Å². The molecule has 0 saturated heterocycles. The average molecular weight is 385 g/mol. The summed E-state index contributed by atoms with van der Waals surface area (Å²) in [7, 11) is -4.57. The number of carbonyl (C=O) groups excluding carboxylic acids is 1. The summed E-state index contributed by atoms with van der Waals surface area (Å²) in [4.78, 5) is 25.4. The molecule has 0 heterocycles. The molecule has 1 aromatic carbocycles. The van der Waals surface area contributed by atoms with Gasteiger partial charge < -0.3 is 5.11 Å². The lowest BCUT2D eigenvalue weighted by Gasteiger charge is -2.29. The molecule has 0 fully saturated rings. The van der Waals surface area contributed by atoms with Crippen LogP contribution in [-0.4, -0.2) is 41.7 Å². The Hall–Kier alpha value is -1.93. The zero-order valence-electron chi connectivity index (χ0n) is 15.2. The molecule has 0 aliphatic carbocycles. The van der Waals surface area contributed by atoms with Gasteiger partial charge in [0.1, 0.15) is 5.75 Å². The van der Waals surface area contributed by atoms with E-state index in [9.17, 15) is 23.1 Å². The highest BCUT2D eigenvalue weighted by Gasteiger charge is 2.34. The molecule has 0 aliphatic heterocycles. The van der Waals surface area contributed by atoms with Crippen molar-refractivity contribution in [3.63, 3.8) is 0 Å². The van der Waals surface area contributed by atoms with E-state index in [-0.39, 0.29) is 6.42 Å². The lowest BCUT2D eigenvalue weighted by atomic mass is 10.1. The number of carboxylic acid groups (broad SMARTS) is 1. The molecule has 2 N–H and O–H groups in total. The number of nitrogens with zero attached hydrogens (tertiary/aromatic N) is 1. The SMILES string of the molecule is CCCCCCCC(=O)N(c1ccccc1C)[C@@H](CS(=O)(=O)O)C(=O)O.